The van der Waals surface area contributed by atoms with Gasteiger partial charge in [-0.2, -0.15) is 0 Å². The summed E-state index contributed by atoms with van der Waals surface area (Å²) in [5.41, 5.74) is 1.10. The Morgan fingerprint density at radius 3 is 2.79 bits per heavy atom. The SMILES string of the molecule is CC(Cc1ccc(O)cc1)N1CCNCC1C(=O)O. The predicted molar refractivity (Wildman–Crippen MR) is 72.3 cm³/mol. The highest BCUT2D eigenvalue weighted by Crippen LogP contribution is 2.16. The fraction of sp³-hybridized carbons (Fsp3) is 0.500. The standard InChI is InChI=1S/C14H20N2O3/c1-10(8-11-2-4-12(17)5-3-11)16-7-6-15-9-13(16)14(18)19/h2-5,10,13,15,17H,6-9H2,1H3,(H,18,19). The minimum Gasteiger partial charge on any atom is -0.508 e. The normalized spacial score (nSPS) is 22.1. The molecule has 19 heavy (non-hydrogen) atoms. The molecule has 1 saturated heterocycles. The van der Waals surface area contributed by atoms with E-state index in [-0.39, 0.29) is 11.8 Å². The molecule has 1 aliphatic rings. The van der Waals surface area contributed by atoms with Crippen LogP contribution in [0.2, 0.25) is 0 Å². The van der Waals surface area contributed by atoms with E-state index < -0.39 is 12.0 Å². The van der Waals surface area contributed by atoms with Gasteiger partial charge in [0.1, 0.15) is 11.8 Å². The number of rotatable bonds is 4. The van der Waals surface area contributed by atoms with Crippen molar-refractivity contribution in [1.82, 2.24) is 10.2 Å². The van der Waals surface area contributed by atoms with Gasteiger partial charge in [-0.25, -0.2) is 0 Å². The Kier molecular flexibility index (Phi) is 4.39. The molecule has 5 nitrogen and oxygen atoms in total. The van der Waals surface area contributed by atoms with Crippen molar-refractivity contribution < 1.29 is 15.0 Å². The molecule has 0 aliphatic carbocycles. The van der Waals surface area contributed by atoms with Gasteiger partial charge in [0, 0.05) is 25.7 Å². The number of carboxylic acid groups (broad SMARTS) is 1. The Hall–Kier alpha value is -1.59. The molecule has 2 rings (SSSR count). The van der Waals surface area contributed by atoms with Crippen LogP contribution in [0.25, 0.3) is 0 Å². The summed E-state index contributed by atoms with van der Waals surface area (Å²) in [7, 11) is 0. The van der Waals surface area contributed by atoms with Gasteiger partial charge in [0.25, 0.3) is 0 Å². The first-order valence-electron chi connectivity index (χ1n) is 6.55. The molecule has 0 amide bonds. The van der Waals surface area contributed by atoms with Crippen LogP contribution in [0.3, 0.4) is 0 Å². The lowest BCUT2D eigenvalue weighted by Gasteiger charge is -2.38. The zero-order valence-electron chi connectivity index (χ0n) is 11.0. The molecule has 104 valence electrons. The lowest BCUT2D eigenvalue weighted by molar-refractivity contribution is -0.144. The molecule has 0 saturated carbocycles. The summed E-state index contributed by atoms with van der Waals surface area (Å²) in [6.07, 6.45) is 0.782. The first-order chi connectivity index (χ1) is 9.08. The molecule has 2 atom stereocenters. The van der Waals surface area contributed by atoms with Crippen LogP contribution in [0, 0.1) is 0 Å². The largest absolute Gasteiger partial charge is 0.508 e. The maximum atomic E-state index is 11.3. The van der Waals surface area contributed by atoms with E-state index in [0.717, 1.165) is 25.1 Å². The van der Waals surface area contributed by atoms with Gasteiger partial charge in [0.2, 0.25) is 0 Å². The minimum atomic E-state index is -0.773. The summed E-state index contributed by atoms with van der Waals surface area (Å²) in [5.74, 6) is -0.522. The van der Waals surface area contributed by atoms with E-state index in [2.05, 4.69) is 5.32 Å². The van der Waals surface area contributed by atoms with E-state index in [4.69, 9.17) is 0 Å². The van der Waals surface area contributed by atoms with Gasteiger partial charge in [-0.1, -0.05) is 12.1 Å². The van der Waals surface area contributed by atoms with Gasteiger partial charge in [-0.15, -0.1) is 0 Å². The topological polar surface area (TPSA) is 72.8 Å². The van der Waals surface area contributed by atoms with Crippen LogP contribution in [0.4, 0.5) is 0 Å². The number of nitrogens with one attached hydrogen (secondary N) is 1. The van der Waals surface area contributed by atoms with Crippen molar-refractivity contribution in [2.24, 2.45) is 0 Å². The van der Waals surface area contributed by atoms with Crippen LogP contribution in [0.1, 0.15) is 12.5 Å². The summed E-state index contributed by atoms with van der Waals surface area (Å²) < 4.78 is 0. The molecule has 2 unspecified atom stereocenters. The summed E-state index contributed by atoms with van der Waals surface area (Å²) in [4.78, 5) is 13.3. The second-order valence-electron chi connectivity index (χ2n) is 5.02. The van der Waals surface area contributed by atoms with Gasteiger partial charge >= 0.3 is 5.97 Å². The highest BCUT2D eigenvalue weighted by molar-refractivity contribution is 5.74. The molecule has 0 spiro atoms. The predicted octanol–water partition coefficient (Wildman–Crippen LogP) is 0.682. The molecular formula is C14H20N2O3. The highest BCUT2D eigenvalue weighted by atomic mass is 16.4. The van der Waals surface area contributed by atoms with Crippen molar-refractivity contribution >= 4 is 5.97 Å². The first-order valence-corrected chi connectivity index (χ1v) is 6.55. The molecule has 0 radical (unpaired) electrons. The molecule has 1 heterocycles. The maximum absolute atomic E-state index is 11.3. The summed E-state index contributed by atoms with van der Waals surface area (Å²) in [5, 5.41) is 21.6. The molecule has 3 N–H and O–H groups in total. The molecule has 1 fully saturated rings. The monoisotopic (exact) mass is 264 g/mol. The Morgan fingerprint density at radius 2 is 2.16 bits per heavy atom. The number of hydrogen-bond donors (Lipinski definition) is 3. The van der Waals surface area contributed by atoms with Crippen LogP contribution in [-0.2, 0) is 11.2 Å². The highest BCUT2D eigenvalue weighted by Gasteiger charge is 2.31. The van der Waals surface area contributed by atoms with Gasteiger partial charge in [-0.05, 0) is 31.0 Å². The van der Waals surface area contributed by atoms with Crippen molar-refractivity contribution in [3.63, 3.8) is 0 Å². The van der Waals surface area contributed by atoms with Crippen molar-refractivity contribution in [2.75, 3.05) is 19.6 Å². The number of carboxylic acids is 1. The number of carbonyl (C=O) groups is 1. The van der Waals surface area contributed by atoms with Gasteiger partial charge in [-0.3, -0.25) is 9.69 Å². The van der Waals surface area contributed by atoms with E-state index in [1.807, 2.05) is 24.0 Å². The minimum absolute atomic E-state index is 0.160. The lowest BCUT2D eigenvalue weighted by atomic mass is 10.0. The first kappa shape index (κ1) is 13.8. The summed E-state index contributed by atoms with van der Waals surface area (Å²) in [6.45, 7) is 4.11. The number of nitrogens with zero attached hydrogens (tertiary/aromatic N) is 1. The molecular weight excluding hydrogens is 244 g/mol. The molecule has 1 aromatic rings. The number of phenols is 1. The smallest absolute Gasteiger partial charge is 0.322 e. The van der Waals surface area contributed by atoms with Crippen LogP contribution in [0.15, 0.2) is 24.3 Å². The van der Waals surface area contributed by atoms with Crippen LogP contribution >= 0.6 is 0 Å². The Balaban J connectivity index is 2.03. The summed E-state index contributed by atoms with van der Waals surface area (Å²) in [6, 6.07) is 6.78. The van der Waals surface area contributed by atoms with Gasteiger partial charge in [0.05, 0.1) is 0 Å². The van der Waals surface area contributed by atoms with Crippen molar-refractivity contribution in [1.29, 1.82) is 0 Å². The summed E-state index contributed by atoms with van der Waals surface area (Å²) >= 11 is 0. The molecule has 0 aromatic heterocycles. The molecule has 5 heteroatoms. The van der Waals surface area contributed by atoms with Crippen molar-refractivity contribution in [3.8, 4) is 5.75 Å². The number of hydrogen-bond acceptors (Lipinski definition) is 4. The fourth-order valence-corrected chi connectivity index (χ4v) is 2.57. The van der Waals surface area contributed by atoms with Crippen molar-refractivity contribution in [3.05, 3.63) is 29.8 Å². The third-order valence-electron chi connectivity index (χ3n) is 3.60. The van der Waals surface area contributed by atoms with Crippen LogP contribution in [-0.4, -0.2) is 52.8 Å². The Morgan fingerprint density at radius 1 is 1.47 bits per heavy atom. The fourth-order valence-electron chi connectivity index (χ4n) is 2.57. The third-order valence-corrected chi connectivity index (χ3v) is 3.60. The number of aromatic hydroxyl groups is 1. The quantitative estimate of drug-likeness (QED) is 0.746. The Bertz CT molecular complexity index is 433. The van der Waals surface area contributed by atoms with Gasteiger partial charge in [0.15, 0.2) is 0 Å². The van der Waals surface area contributed by atoms with Crippen molar-refractivity contribution in [2.45, 2.75) is 25.4 Å². The second-order valence-corrected chi connectivity index (χ2v) is 5.02. The lowest BCUT2D eigenvalue weighted by Crippen LogP contribution is -2.58. The molecule has 1 aromatic carbocycles. The molecule has 1 aliphatic heterocycles. The van der Waals surface area contributed by atoms with E-state index in [1.54, 1.807) is 12.1 Å². The number of aliphatic carboxylic acids is 1. The Labute approximate surface area is 112 Å². The average Bonchev–Trinajstić information content (AvgIpc) is 2.41. The van der Waals surface area contributed by atoms with E-state index >= 15 is 0 Å². The third kappa shape index (κ3) is 3.45. The number of benzene rings is 1. The molecule has 0 bridgehead atoms. The van der Waals surface area contributed by atoms with Gasteiger partial charge < -0.3 is 15.5 Å². The zero-order valence-corrected chi connectivity index (χ0v) is 11.0. The van der Waals surface area contributed by atoms with E-state index in [1.165, 1.54) is 0 Å². The van der Waals surface area contributed by atoms with E-state index in [0.29, 0.717) is 6.54 Å². The van der Waals surface area contributed by atoms with E-state index in [9.17, 15) is 15.0 Å². The average molecular weight is 264 g/mol. The van der Waals surface area contributed by atoms with Crippen LogP contribution < -0.4 is 5.32 Å². The second kappa shape index (κ2) is 6.04. The van der Waals surface area contributed by atoms with Crippen LogP contribution in [0.5, 0.6) is 5.75 Å². The zero-order chi connectivity index (χ0) is 13.8. The number of piperazine rings is 1. The maximum Gasteiger partial charge on any atom is 0.322 e. The number of phenolic OH excluding ortho intramolecular Hbond substituents is 1.